The van der Waals surface area contributed by atoms with Crippen LogP contribution < -0.4 is 10.0 Å². The molecule has 0 saturated heterocycles. The van der Waals surface area contributed by atoms with Crippen molar-refractivity contribution < 1.29 is 17.9 Å². The Kier molecular flexibility index (Phi) is 7.34. The average Bonchev–Trinajstić information content (AvgIpc) is 2.46. The molecule has 1 aromatic carbocycles. The maximum Gasteiger partial charge on any atom is 0.328 e. The van der Waals surface area contributed by atoms with Crippen LogP contribution in [0.5, 0.6) is 0 Å². The van der Waals surface area contributed by atoms with Crippen LogP contribution in [0.2, 0.25) is 0 Å². The van der Waals surface area contributed by atoms with Gasteiger partial charge in [-0.2, -0.15) is 0 Å². The third kappa shape index (κ3) is 6.44. The van der Waals surface area contributed by atoms with Gasteiger partial charge < -0.3 is 10.1 Å². The molecule has 0 aliphatic heterocycles. The molecule has 0 aliphatic carbocycles. The van der Waals surface area contributed by atoms with Crippen LogP contribution in [0, 0.1) is 6.92 Å². The fourth-order valence-electron chi connectivity index (χ4n) is 1.61. The predicted molar refractivity (Wildman–Crippen MR) is 85.2 cm³/mol. The van der Waals surface area contributed by atoms with E-state index in [1.54, 1.807) is 12.1 Å². The number of amides is 2. The molecule has 6 nitrogen and oxygen atoms in total. The van der Waals surface area contributed by atoms with Gasteiger partial charge >= 0.3 is 6.03 Å². The molecule has 0 spiro atoms. The summed E-state index contributed by atoms with van der Waals surface area (Å²) in [7, 11) is -3.83. The van der Waals surface area contributed by atoms with Crippen molar-refractivity contribution in [3.63, 3.8) is 0 Å². The topological polar surface area (TPSA) is 84.5 Å². The molecule has 0 heterocycles. The molecule has 0 bridgehead atoms. The van der Waals surface area contributed by atoms with Crippen molar-refractivity contribution in [1.82, 2.24) is 10.0 Å². The van der Waals surface area contributed by atoms with Crippen LogP contribution in [0.25, 0.3) is 0 Å². The Morgan fingerprint density at radius 2 is 1.91 bits per heavy atom. The molecule has 1 atom stereocenters. The lowest BCUT2D eigenvalue weighted by atomic mass is 10.2. The van der Waals surface area contributed by atoms with Gasteiger partial charge in [-0.25, -0.2) is 17.9 Å². The van der Waals surface area contributed by atoms with Crippen LogP contribution in [0.3, 0.4) is 0 Å². The van der Waals surface area contributed by atoms with E-state index >= 15 is 0 Å². The number of nitrogens with one attached hydrogen (secondary N) is 2. The average molecular weight is 328 g/mol. The SMILES string of the molecule is CCC(C)OCCCNC(=O)NS(=O)(=O)c1ccc(C)cc1. The third-order valence-electron chi connectivity index (χ3n) is 3.14. The van der Waals surface area contributed by atoms with Gasteiger partial charge in [-0.15, -0.1) is 0 Å². The van der Waals surface area contributed by atoms with Crippen LogP contribution in [0.1, 0.15) is 32.3 Å². The molecule has 0 fully saturated rings. The number of aryl methyl sites for hydroxylation is 1. The number of rotatable bonds is 8. The molecule has 1 aromatic rings. The Hall–Kier alpha value is -1.60. The van der Waals surface area contributed by atoms with Crippen molar-refractivity contribution in [2.24, 2.45) is 0 Å². The summed E-state index contributed by atoms with van der Waals surface area (Å²) in [4.78, 5) is 11.7. The molecular weight excluding hydrogens is 304 g/mol. The second-order valence-electron chi connectivity index (χ2n) is 5.12. The number of benzene rings is 1. The maximum atomic E-state index is 12.0. The summed E-state index contributed by atoms with van der Waals surface area (Å²) in [6, 6.07) is 5.55. The van der Waals surface area contributed by atoms with E-state index in [4.69, 9.17) is 4.74 Å². The Labute approximate surface area is 132 Å². The van der Waals surface area contributed by atoms with Crippen molar-refractivity contribution in [2.45, 2.75) is 44.6 Å². The van der Waals surface area contributed by atoms with Gasteiger partial charge in [0.1, 0.15) is 0 Å². The van der Waals surface area contributed by atoms with E-state index in [1.165, 1.54) is 12.1 Å². The van der Waals surface area contributed by atoms with Crippen LogP contribution in [-0.4, -0.2) is 33.7 Å². The molecule has 0 aromatic heterocycles. The van der Waals surface area contributed by atoms with E-state index in [9.17, 15) is 13.2 Å². The fourth-order valence-corrected chi connectivity index (χ4v) is 2.54. The van der Waals surface area contributed by atoms with Gasteiger partial charge in [0.05, 0.1) is 11.0 Å². The predicted octanol–water partition coefficient (Wildman–Crippen LogP) is 2.19. The minimum Gasteiger partial charge on any atom is -0.378 e. The molecule has 2 N–H and O–H groups in total. The fraction of sp³-hybridized carbons (Fsp3) is 0.533. The van der Waals surface area contributed by atoms with Crippen molar-refractivity contribution in [2.75, 3.05) is 13.2 Å². The first kappa shape index (κ1) is 18.4. The number of sulfonamides is 1. The zero-order valence-electron chi connectivity index (χ0n) is 13.3. The highest BCUT2D eigenvalue weighted by atomic mass is 32.2. The zero-order chi connectivity index (χ0) is 16.6. The highest BCUT2D eigenvalue weighted by molar-refractivity contribution is 7.90. The van der Waals surface area contributed by atoms with Crippen molar-refractivity contribution in [3.05, 3.63) is 29.8 Å². The van der Waals surface area contributed by atoms with Crippen LogP contribution in [0.4, 0.5) is 4.79 Å². The number of carbonyl (C=O) groups excluding carboxylic acids is 1. The Bertz CT molecular complexity index is 570. The number of carbonyl (C=O) groups is 1. The van der Waals surface area contributed by atoms with E-state index in [2.05, 4.69) is 5.32 Å². The van der Waals surface area contributed by atoms with E-state index in [-0.39, 0.29) is 11.0 Å². The Morgan fingerprint density at radius 3 is 2.50 bits per heavy atom. The summed E-state index contributed by atoms with van der Waals surface area (Å²) in [6.45, 7) is 6.75. The summed E-state index contributed by atoms with van der Waals surface area (Å²) >= 11 is 0. The molecule has 0 radical (unpaired) electrons. The van der Waals surface area contributed by atoms with Gasteiger partial charge in [0.25, 0.3) is 10.0 Å². The molecule has 124 valence electrons. The number of urea groups is 1. The van der Waals surface area contributed by atoms with Crippen molar-refractivity contribution in [3.8, 4) is 0 Å². The highest BCUT2D eigenvalue weighted by Crippen LogP contribution is 2.09. The summed E-state index contributed by atoms with van der Waals surface area (Å²) in [6.07, 6.45) is 1.75. The quantitative estimate of drug-likeness (QED) is 0.716. The molecule has 0 aliphatic rings. The monoisotopic (exact) mass is 328 g/mol. The normalized spacial score (nSPS) is 12.7. The van der Waals surface area contributed by atoms with Gasteiger partial charge in [-0.3, -0.25) is 0 Å². The molecule has 1 unspecified atom stereocenters. The van der Waals surface area contributed by atoms with E-state index in [1.807, 2.05) is 25.5 Å². The van der Waals surface area contributed by atoms with Crippen LogP contribution in [0.15, 0.2) is 29.2 Å². The number of hydrogen-bond donors (Lipinski definition) is 2. The van der Waals surface area contributed by atoms with Gasteiger partial charge in [-0.1, -0.05) is 24.6 Å². The molecule has 7 heteroatoms. The molecular formula is C15H24N2O4S. The third-order valence-corrected chi connectivity index (χ3v) is 4.49. The lowest BCUT2D eigenvalue weighted by Gasteiger charge is -2.11. The zero-order valence-corrected chi connectivity index (χ0v) is 14.1. The van der Waals surface area contributed by atoms with E-state index in [0.29, 0.717) is 19.6 Å². The van der Waals surface area contributed by atoms with Gasteiger partial charge in [0.15, 0.2) is 0 Å². The van der Waals surface area contributed by atoms with Crippen LogP contribution >= 0.6 is 0 Å². The molecule has 2 amide bonds. The molecule has 0 saturated carbocycles. The van der Waals surface area contributed by atoms with Gasteiger partial charge in [0, 0.05) is 13.2 Å². The van der Waals surface area contributed by atoms with E-state index < -0.39 is 16.1 Å². The number of ether oxygens (including phenoxy) is 1. The standard InChI is InChI=1S/C15H24N2O4S/c1-4-13(3)21-11-5-10-16-15(18)17-22(19,20)14-8-6-12(2)7-9-14/h6-9,13H,4-5,10-11H2,1-3H3,(H2,16,17,18). The molecule has 1 rings (SSSR count). The summed E-state index contributed by atoms with van der Waals surface area (Å²) in [5.41, 5.74) is 0.949. The second kappa shape index (κ2) is 8.75. The van der Waals surface area contributed by atoms with Crippen LogP contribution in [-0.2, 0) is 14.8 Å². The summed E-state index contributed by atoms with van der Waals surface area (Å²) in [5, 5.41) is 2.50. The minimum atomic E-state index is -3.83. The van der Waals surface area contributed by atoms with Gasteiger partial charge in [0.2, 0.25) is 0 Å². The summed E-state index contributed by atoms with van der Waals surface area (Å²) < 4.78 is 31.4. The van der Waals surface area contributed by atoms with Crippen molar-refractivity contribution in [1.29, 1.82) is 0 Å². The highest BCUT2D eigenvalue weighted by Gasteiger charge is 2.16. The lowest BCUT2D eigenvalue weighted by Crippen LogP contribution is -2.40. The molecule has 22 heavy (non-hydrogen) atoms. The first-order chi connectivity index (χ1) is 10.3. The summed E-state index contributed by atoms with van der Waals surface area (Å²) in [5.74, 6) is 0. The lowest BCUT2D eigenvalue weighted by molar-refractivity contribution is 0.0624. The van der Waals surface area contributed by atoms with Crippen molar-refractivity contribution >= 4 is 16.1 Å². The number of hydrogen-bond acceptors (Lipinski definition) is 4. The maximum absolute atomic E-state index is 12.0. The first-order valence-corrected chi connectivity index (χ1v) is 8.82. The smallest absolute Gasteiger partial charge is 0.328 e. The largest absolute Gasteiger partial charge is 0.378 e. The Morgan fingerprint density at radius 1 is 1.27 bits per heavy atom. The second-order valence-corrected chi connectivity index (χ2v) is 6.80. The Balaban J connectivity index is 2.36. The van der Waals surface area contributed by atoms with E-state index in [0.717, 1.165) is 12.0 Å². The first-order valence-electron chi connectivity index (χ1n) is 7.34. The van der Waals surface area contributed by atoms with Gasteiger partial charge in [-0.05, 0) is 38.8 Å². The minimum absolute atomic E-state index is 0.0633.